The van der Waals surface area contributed by atoms with Crippen LogP contribution in [0.3, 0.4) is 0 Å². The van der Waals surface area contributed by atoms with E-state index in [9.17, 15) is 9.90 Å². The van der Waals surface area contributed by atoms with Crippen LogP contribution >= 0.6 is 0 Å². The van der Waals surface area contributed by atoms with Gasteiger partial charge in [0.25, 0.3) is 0 Å². The molecule has 1 unspecified atom stereocenters. The van der Waals surface area contributed by atoms with Gasteiger partial charge < -0.3 is 15.3 Å². The van der Waals surface area contributed by atoms with Crippen LogP contribution in [0.5, 0.6) is 5.75 Å². The summed E-state index contributed by atoms with van der Waals surface area (Å²) in [6.45, 7) is 3.56. The van der Waals surface area contributed by atoms with Gasteiger partial charge in [0.05, 0.1) is 20.6 Å². The van der Waals surface area contributed by atoms with Crippen LogP contribution in [-0.4, -0.2) is 64.1 Å². The zero-order valence-corrected chi connectivity index (χ0v) is 16.0. The van der Waals surface area contributed by atoms with E-state index in [2.05, 4.69) is 10.2 Å². The second-order valence-corrected chi connectivity index (χ2v) is 7.52. The number of nitrogens with two attached hydrogens (primary N) is 1. The van der Waals surface area contributed by atoms with Crippen molar-refractivity contribution < 1.29 is 14.4 Å². The third-order valence-electron chi connectivity index (χ3n) is 4.80. The Kier molecular flexibility index (Phi) is 5.25. The van der Waals surface area contributed by atoms with E-state index in [1.54, 1.807) is 18.2 Å². The first-order chi connectivity index (χ1) is 12.8. The number of nitrogens with zero attached hydrogens (tertiary/aromatic N) is 4. The zero-order chi connectivity index (χ0) is 19.6. The number of likely N-dealkylation sites (N-methyl/N-ethyl adjacent to an activating group) is 1. The van der Waals surface area contributed by atoms with Crippen molar-refractivity contribution in [2.45, 2.75) is 12.8 Å². The summed E-state index contributed by atoms with van der Waals surface area (Å²) in [5.74, 6) is -0.105. The number of phenols is 1. The van der Waals surface area contributed by atoms with Crippen LogP contribution in [0.15, 0.2) is 42.5 Å². The largest absolute Gasteiger partial charge is 0.506 e. The van der Waals surface area contributed by atoms with E-state index in [1.165, 1.54) is 4.80 Å². The van der Waals surface area contributed by atoms with Gasteiger partial charge in [-0.3, -0.25) is 4.79 Å². The maximum atomic E-state index is 12.8. The van der Waals surface area contributed by atoms with Crippen molar-refractivity contribution >= 4 is 16.8 Å². The molecule has 0 saturated carbocycles. The summed E-state index contributed by atoms with van der Waals surface area (Å²) in [6.07, 6.45) is 0. The Morgan fingerprint density at radius 2 is 1.81 bits per heavy atom. The Bertz CT molecular complexity index is 931. The fourth-order valence-electron chi connectivity index (χ4n) is 3.11. The van der Waals surface area contributed by atoms with E-state index >= 15 is 0 Å². The van der Waals surface area contributed by atoms with Crippen molar-refractivity contribution in [3.8, 4) is 11.4 Å². The van der Waals surface area contributed by atoms with Gasteiger partial charge in [-0.15, -0.1) is 15.0 Å². The molecule has 7 heteroatoms. The molecule has 1 heterocycles. The lowest BCUT2D eigenvalue weighted by molar-refractivity contribution is -0.880. The number of quaternary nitrogens is 1. The molecule has 0 aliphatic carbocycles. The second kappa shape index (κ2) is 7.46. The molecule has 27 heavy (non-hydrogen) atoms. The first kappa shape index (κ1) is 19.0. The van der Waals surface area contributed by atoms with Crippen LogP contribution < -0.4 is 5.73 Å². The molecule has 0 saturated heterocycles. The fourth-order valence-corrected chi connectivity index (χ4v) is 3.11. The van der Waals surface area contributed by atoms with Crippen molar-refractivity contribution in [1.82, 2.24) is 15.0 Å². The van der Waals surface area contributed by atoms with Gasteiger partial charge in [-0.25, -0.2) is 0 Å². The standard InChI is InChI=1S/C20H25N5O2/c1-14(20(27)13-25(2,3)11-10-21)15-8-9-19(26)18(12-15)24-22-16-6-4-5-7-17(16)23-24/h4-9,12,14H,10-11,13,21H2,1-3H3/p+1. The average molecular weight is 368 g/mol. The third-order valence-corrected chi connectivity index (χ3v) is 4.80. The maximum absolute atomic E-state index is 12.8. The molecule has 3 aromatic rings. The molecule has 0 aliphatic rings. The number of rotatable bonds is 7. The van der Waals surface area contributed by atoms with Crippen molar-refractivity contribution in [3.05, 3.63) is 48.0 Å². The highest BCUT2D eigenvalue weighted by Gasteiger charge is 2.25. The summed E-state index contributed by atoms with van der Waals surface area (Å²) in [5, 5.41) is 19.1. The minimum absolute atomic E-state index is 0.0675. The molecule has 2 aromatic carbocycles. The van der Waals surface area contributed by atoms with Crippen LogP contribution in [0.1, 0.15) is 18.4 Å². The van der Waals surface area contributed by atoms with Gasteiger partial charge in [-0.2, -0.15) is 0 Å². The van der Waals surface area contributed by atoms with E-state index in [1.807, 2.05) is 45.3 Å². The van der Waals surface area contributed by atoms with Gasteiger partial charge in [-0.1, -0.05) is 25.1 Å². The highest BCUT2D eigenvalue weighted by molar-refractivity contribution is 5.86. The monoisotopic (exact) mass is 368 g/mol. The van der Waals surface area contributed by atoms with Gasteiger partial charge >= 0.3 is 0 Å². The number of aromatic hydroxyl groups is 1. The highest BCUT2D eigenvalue weighted by Crippen LogP contribution is 2.27. The number of carbonyl (C=O) groups excluding carboxylic acids is 1. The molecule has 7 nitrogen and oxygen atoms in total. The van der Waals surface area contributed by atoms with E-state index < -0.39 is 0 Å². The summed E-state index contributed by atoms with van der Waals surface area (Å²) < 4.78 is 0.552. The number of fused-ring (bicyclic) bond motifs is 1. The van der Waals surface area contributed by atoms with Gasteiger partial charge in [-0.05, 0) is 29.8 Å². The summed E-state index contributed by atoms with van der Waals surface area (Å²) in [6, 6.07) is 12.6. The number of ketones is 1. The molecule has 0 aliphatic heterocycles. The quantitative estimate of drug-likeness (QED) is 0.621. The number of carbonyl (C=O) groups is 1. The van der Waals surface area contributed by atoms with Gasteiger partial charge in [0, 0.05) is 12.5 Å². The van der Waals surface area contributed by atoms with Crippen molar-refractivity contribution in [2.75, 3.05) is 33.7 Å². The second-order valence-electron chi connectivity index (χ2n) is 7.52. The molecular formula is C20H26N5O2+. The number of phenolic OH excluding ortho intramolecular Hbond substituents is 1. The first-order valence-corrected chi connectivity index (χ1v) is 9.01. The number of hydrogen-bond acceptors (Lipinski definition) is 5. The van der Waals surface area contributed by atoms with E-state index in [0.717, 1.165) is 23.1 Å². The van der Waals surface area contributed by atoms with Crippen LogP contribution in [0.2, 0.25) is 0 Å². The smallest absolute Gasteiger partial charge is 0.193 e. The van der Waals surface area contributed by atoms with Crippen LogP contribution in [-0.2, 0) is 4.79 Å². The SMILES string of the molecule is CC(C(=O)C[N+](C)(C)CCN)c1ccc(O)c(-n2nc3ccccc3n2)c1. The third kappa shape index (κ3) is 4.15. The lowest BCUT2D eigenvalue weighted by atomic mass is 9.95. The average Bonchev–Trinajstić information content (AvgIpc) is 3.04. The molecule has 3 N–H and O–H groups in total. The lowest BCUT2D eigenvalue weighted by Crippen LogP contribution is -2.47. The highest BCUT2D eigenvalue weighted by atomic mass is 16.3. The molecule has 1 aromatic heterocycles. The minimum Gasteiger partial charge on any atom is -0.506 e. The summed E-state index contributed by atoms with van der Waals surface area (Å²) >= 11 is 0. The predicted molar refractivity (Wildman–Crippen MR) is 105 cm³/mol. The minimum atomic E-state index is -0.301. The molecule has 1 atom stereocenters. The van der Waals surface area contributed by atoms with Gasteiger partial charge in [0.15, 0.2) is 5.78 Å². The lowest BCUT2D eigenvalue weighted by Gasteiger charge is -2.29. The zero-order valence-electron chi connectivity index (χ0n) is 16.0. The van der Waals surface area contributed by atoms with Crippen molar-refractivity contribution in [2.24, 2.45) is 5.73 Å². The van der Waals surface area contributed by atoms with E-state index in [4.69, 9.17) is 5.73 Å². The molecule has 0 bridgehead atoms. The number of benzene rings is 2. The van der Waals surface area contributed by atoms with Gasteiger partial charge in [0.1, 0.15) is 29.0 Å². The predicted octanol–water partition coefficient (Wildman–Crippen LogP) is 1.83. The Morgan fingerprint density at radius 1 is 1.19 bits per heavy atom. The summed E-state index contributed by atoms with van der Waals surface area (Å²) in [7, 11) is 4.00. The summed E-state index contributed by atoms with van der Waals surface area (Å²) in [5.41, 5.74) is 8.40. The van der Waals surface area contributed by atoms with Crippen molar-refractivity contribution in [1.29, 1.82) is 0 Å². The Morgan fingerprint density at radius 3 is 2.41 bits per heavy atom. The van der Waals surface area contributed by atoms with Crippen LogP contribution in [0.4, 0.5) is 0 Å². The maximum Gasteiger partial charge on any atom is 0.193 e. The van der Waals surface area contributed by atoms with E-state index in [0.29, 0.717) is 23.3 Å². The molecule has 0 radical (unpaired) electrons. The summed E-state index contributed by atoms with van der Waals surface area (Å²) in [4.78, 5) is 14.2. The molecule has 0 spiro atoms. The Balaban J connectivity index is 1.89. The molecule has 0 amide bonds. The Hall–Kier alpha value is -2.77. The van der Waals surface area contributed by atoms with Crippen LogP contribution in [0, 0.1) is 0 Å². The normalized spacial score (nSPS) is 13.0. The molecule has 142 valence electrons. The number of hydrogen-bond donors (Lipinski definition) is 2. The topological polar surface area (TPSA) is 94.0 Å². The fraction of sp³-hybridized carbons (Fsp3) is 0.350. The molecular weight excluding hydrogens is 342 g/mol. The van der Waals surface area contributed by atoms with E-state index in [-0.39, 0.29) is 17.5 Å². The Labute approximate surface area is 158 Å². The van der Waals surface area contributed by atoms with Crippen molar-refractivity contribution in [3.63, 3.8) is 0 Å². The molecule has 0 fully saturated rings. The van der Waals surface area contributed by atoms with Gasteiger partial charge in [0.2, 0.25) is 0 Å². The molecule has 3 rings (SSSR count). The first-order valence-electron chi connectivity index (χ1n) is 9.01. The van der Waals surface area contributed by atoms with Crippen LogP contribution in [0.25, 0.3) is 16.7 Å². The number of Topliss-reactive ketones (excluding diaryl/α,β-unsaturated/α-hetero) is 1. The number of aromatic nitrogens is 3.